The van der Waals surface area contributed by atoms with Gasteiger partial charge in [-0.25, -0.2) is 0 Å². The molecule has 0 fully saturated rings. The summed E-state index contributed by atoms with van der Waals surface area (Å²) in [5.74, 6) is 0. The van der Waals surface area contributed by atoms with E-state index in [0.29, 0.717) is 6.42 Å². The summed E-state index contributed by atoms with van der Waals surface area (Å²) in [4.78, 5) is 1.03. The zero-order valence-corrected chi connectivity index (χ0v) is 12.4. The van der Waals surface area contributed by atoms with Gasteiger partial charge in [-0.15, -0.1) is 11.3 Å². The van der Waals surface area contributed by atoms with Crippen molar-refractivity contribution in [1.82, 2.24) is 0 Å². The van der Waals surface area contributed by atoms with Crippen LogP contribution in [0.25, 0.3) is 0 Å². The van der Waals surface area contributed by atoms with Crippen LogP contribution in [0.4, 0.5) is 0 Å². The molecular weight excluding hydrogens is 308 g/mol. The highest BCUT2D eigenvalue weighted by Gasteiger charge is 2.14. The normalized spacial score (nSPS) is 15.7. The molecule has 2 aromatic rings. The first-order valence-corrected chi connectivity index (χ1v) is 7.92. The maximum atomic E-state index is 10.2. The van der Waals surface area contributed by atoms with Crippen LogP contribution >= 0.6 is 27.3 Å². The second kappa shape index (κ2) is 5.16. The predicted octanol–water partition coefficient (Wildman–Crippen LogP) is 4.28. The average molecular weight is 323 g/mol. The summed E-state index contributed by atoms with van der Waals surface area (Å²) in [6.07, 6.45) is 4.01. The molecule has 1 aromatic heterocycles. The number of aryl methyl sites for hydroxylation is 2. The number of benzene rings is 1. The van der Waals surface area contributed by atoms with E-state index in [1.54, 1.807) is 11.3 Å². The Morgan fingerprint density at radius 2 is 2.06 bits per heavy atom. The van der Waals surface area contributed by atoms with Gasteiger partial charge in [-0.1, -0.05) is 18.2 Å². The summed E-state index contributed by atoms with van der Waals surface area (Å²) >= 11 is 5.03. The Morgan fingerprint density at radius 3 is 2.83 bits per heavy atom. The lowest BCUT2D eigenvalue weighted by molar-refractivity contribution is 0.182. The molecule has 0 bridgehead atoms. The standard InChI is InChI=1S/C15H15BrOS/c16-13-8-15(18-9-13)14(17)7-10-4-5-11-2-1-3-12(11)6-10/h4-6,8-9,14,17H,1-3,7H2. The van der Waals surface area contributed by atoms with E-state index in [-0.39, 0.29) is 6.10 Å². The Labute approximate surface area is 120 Å². The van der Waals surface area contributed by atoms with E-state index < -0.39 is 0 Å². The molecule has 94 valence electrons. The molecule has 1 heterocycles. The summed E-state index contributed by atoms with van der Waals surface area (Å²) in [6, 6.07) is 8.67. The lowest BCUT2D eigenvalue weighted by Crippen LogP contribution is -2.00. The van der Waals surface area contributed by atoms with E-state index in [0.717, 1.165) is 9.35 Å². The molecule has 1 nitrogen and oxygen atoms in total. The number of aliphatic hydroxyl groups is 1. The van der Waals surface area contributed by atoms with Gasteiger partial charge in [0.1, 0.15) is 0 Å². The molecule has 3 heteroatoms. The number of hydrogen-bond donors (Lipinski definition) is 1. The average Bonchev–Trinajstić information content (AvgIpc) is 2.96. The van der Waals surface area contributed by atoms with Crippen molar-refractivity contribution in [2.24, 2.45) is 0 Å². The summed E-state index contributed by atoms with van der Waals surface area (Å²) in [5, 5.41) is 12.2. The van der Waals surface area contributed by atoms with Gasteiger partial charge in [-0.05, 0) is 57.9 Å². The Morgan fingerprint density at radius 1 is 1.22 bits per heavy atom. The first kappa shape index (κ1) is 12.4. The first-order valence-electron chi connectivity index (χ1n) is 6.25. The second-order valence-electron chi connectivity index (χ2n) is 4.84. The topological polar surface area (TPSA) is 20.2 Å². The molecular formula is C15H15BrOS. The van der Waals surface area contributed by atoms with Gasteiger partial charge >= 0.3 is 0 Å². The minimum absolute atomic E-state index is 0.388. The van der Waals surface area contributed by atoms with Gasteiger partial charge in [0, 0.05) is 21.2 Å². The molecule has 0 spiro atoms. The van der Waals surface area contributed by atoms with Crippen LogP contribution in [0.1, 0.15) is 34.1 Å². The van der Waals surface area contributed by atoms with Crippen LogP contribution in [0, 0.1) is 0 Å². The van der Waals surface area contributed by atoms with Crippen LogP contribution in [0.15, 0.2) is 34.1 Å². The van der Waals surface area contributed by atoms with Gasteiger partial charge in [0.15, 0.2) is 0 Å². The van der Waals surface area contributed by atoms with Crippen LogP contribution < -0.4 is 0 Å². The Hall–Kier alpha value is -0.640. The van der Waals surface area contributed by atoms with E-state index in [9.17, 15) is 5.11 Å². The van der Waals surface area contributed by atoms with E-state index in [2.05, 4.69) is 34.1 Å². The third kappa shape index (κ3) is 2.53. The predicted molar refractivity (Wildman–Crippen MR) is 79.1 cm³/mol. The second-order valence-corrected chi connectivity index (χ2v) is 6.70. The summed E-state index contributed by atoms with van der Waals surface area (Å²) < 4.78 is 1.05. The number of halogens is 1. The zero-order chi connectivity index (χ0) is 12.5. The van der Waals surface area contributed by atoms with Crippen molar-refractivity contribution in [2.45, 2.75) is 31.8 Å². The van der Waals surface area contributed by atoms with Gasteiger partial charge in [0.2, 0.25) is 0 Å². The number of thiophene rings is 1. The van der Waals surface area contributed by atoms with Gasteiger partial charge < -0.3 is 5.11 Å². The van der Waals surface area contributed by atoms with Gasteiger partial charge in [0.25, 0.3) is 0 Å². The SMILES string of the molecule is OC(Cc1ccc2c(c1)CCC2)c1cc(Br)cs1. The fourth-order valence-corrected chi connectivity index (χ4v) is 4.01. The minimum Gasteiger partial charge on any atom is -0.387 e. The third-order valence-corrected chi connectivity index (χ3v) is 5.30. The fourth-order valence-electron chi connectivity index (χ4n) is 2.58. The van der Waals surface area contributed by atoms with Crippen molar-refractivity contribution in [2.75, 3.05) is 0 Å². The molecule has 1 atom stereocenters. The summed E-state index contributed by atoms with van der Waals surface area (Å²) in [6.45, 7) is 0. The Balaban J connectivity index is 1.76. The molecule has 1 aromatic carbocycles. The van der Waals surface area contributed by atoms with Gasteiger partial charge in [-0.2, -0.15) is 0 Å². The Kier molecular flexibility index (Phi) is 3.55. The van der Waals surface area contributed by atoms with Crippen molar-refractivity contribution < 1.29 is 5.11 Å². The van der Waals surface area contributed by atoms with Crippen LogP contribution in [0.2, 0.25) is 0 Å². The molecule has 1 aliphatic carbocycles. The summed E-state index contributed by atoms with van der Waals surface area (Å²) in [5.41, 5.74) is 4.21. The molecule has 0 amide bonds. The largest absolute Gasteiger partial charge is 0.387 e. The highest BCUT2D eigenvalue weighted by atomic mass is 79.9. The lowest BCUT2D eigenvalue weighted by Gasteiger charge is -2.10. The number of hydrogen-bond acceptors (Lipinski definition) is 2. The molecule has 0 aliphatic heterocycles. The highest BCUT2D eigenvalue weighted by Crippen LogP contribution is 2.29. The van der Waals surface area contributed by atoms with Gasteiger partial charge in [0.05, 0.1) is 6.10 Å². The van der Waals surface area contributed by atoms with Crippen molar-refractivity contribution in [3.05, 3.63) is 55.7 Å². The Bertz CT molecular complexity index is 561. The molecule has 18 heavy (non-hydrogen) atoms. The van der Waals surface area contributed by atoms with Crippen LogP contribution in [-0.2, 0) is 19.3 Å². The maximum absolute atomic E-state index is 10.2. The lowest BCUT2D eigenvalue weighted by atomic mass is 10.0. The molecule has 0 saturated heterocycles. The fraction of sp³-hybridized carbons (Fsp3) is 0.333. The molecule has 1 N–H and O–H groups in total. The number of fused-ring (bicyclic) bond motifs is 1. The highest BCUT2D eigenvalue weighted by molar-refractivity contribution is 9.10. The third-order valence-electron chi connectivity index (χ3n) is 3.51. The van der Waals surface area contributed by atoms with E-state index >= 15 is 0 Å². The van der Waals surface area contributed by atoms with E-state index in [1.807, 2.05) is 11.4 Å². The van der Waals surface area contributed by atoms with Gasteiger partial charge in [-0.3, -0.25) is 0 Å². The monoisotopic (exact) mass is 322 g/mol. The van der Waals surface area contributed by atoms with Crippen LogP contribution in [0.5, 0.6) is 0 Å². The molecule has 1 unspecified atom stereocenters. The molecule has 1 aliphatic rings. The van der Waals surface area contributed by atoms with Crippen LogP contribution in [0.3, 0.4) is 0 Å². The molecule has 0 radical (unpaired) electrons. The van der Waals surface area contributed by atoms with Crippen molar-refractivity contribution >= 4 is 27.3 Å². The first-order chi connectivity index (χ1) is 8.72. The van der Waals surface area contributed by atoms with E-state index in [1.165, 1.54) is 36.0 Å². The maximum Gasteiger partial charge on any atom is 0.0922 e. The quantitative estimate of drug-likeness (QED) is 0.894. The van der Waals surface area contributed by atoms with Crippen LogP contribution in [-0.4, -0.2) is 5.11 Å². The molecule has 0 saturated carbocycles. The van der Waals surface area contributed by atoms with Crippen molar-refractivity contribution in [3.8, 4) is 0 Å². The minimum atomic E-state index is -0.388. The summed E-state index contributed by atoms with van der Waals surface area (Å²) in [7, 11) is 0. The number of aliphatic hydroxyl groups excluding tert-OH is 1. The van der Waals surface area contributed by atoms with Crippen molar-refractivity contribution in [3.63, 3.8) is 0 Å². The zero-order valence-electron chi connectivity index (χ0n) is 10.0. The molecule has 3 rings (SSSR count). The van der Waals surface area contributed by atoms with Crippen molar-refractivity contribution in [1.29, 1.82) is 0 Å². The van der Waals surface area contributed by atoms with E-state index in [4.69, 9.17) is 0 Å². The number of rotatable bonds is 3. The smallest absolute Gasteiger partial charge is 0.0922 e.